The summed E-state index contributed by atoms with van der Waals surface area (Å²) in [5, 5.41) is 0. The van der Waals surface area contributed by atoms with Crippen molar-refractivity contribution in [2.45, 2.75) is 6.54 Å². The first-order chi connectivity index (χ1) is 9.62. The Morgan fingerprint density at radius 2 is 1.75 bits per heavy atom. The molecule has 1 aromatic heterocycles. The van der Waals surface area contributed by atoms with Gasteiger partial charge in [-0.25, -0.2) is 0 Å². The van der Waals surface area contributed by atoms with Crippen molar-refractivity contribution < 1.29 is 9.47 Å². The van der Waals surface area contributed by atoms with Crippen LogP contribution in [0, 0.1) is 0 Å². The number of hydrogen-bond acceptors (Lipinski definition) is 7. The number of nitrogens with zero attached hydrogens (tertiary/aromatic N) is 4. The maximum atomic E-state index is 5.76. The fraction of sp³-hybridized carbons (Fsp3) is 0.308. The second kappa shape index (κ2) is 6.05. The van der Waals surface area contributed by atoms with Crippen molar-refractivity contribution in [1.82, 2.24) is 15.0 Å². The third-order valence-electron chi connectivity index (χ3n) is 2.66. The minimum Gasteiger partial charge on any atom is -0.467 e. The maximum absolute atomic E-state index is 5.76. The normalized spacial score (nSPS) is 10.2. The maximum Gasteiger partial charge on any atom is 0.324 e. The van der Waals surface area contributed by atoms with Crippen molar-refractivity contribution in [2.24, 2.45) is 0 Å². The van der Waals surface area contributed by atoms with E-state index in [4.69, 9.17) is 15.2 Å². The summed E-state index contributed by atoms with van der Waals surface area (Å²) in [6.45, 7) is 0.612. The molecule has 0 aliphatic carbocycles. The van der Waals surface area contributed by atoms with Crippen LogP contribution in [0.2, 0.25) is 0 Å². The van der Waals surface area contributed by atoms with Gasteiger partial charge in [0.1, 0.15) is 0 Å². The van der Waals surface area contributed by atoms with Gasteiger partial charge < -0.3 is 20.1 Å². The predicted octanol–water partition coefficient (Wildman–Crippen LogP) is 1.11. The van der Waals surface area contributed by atoms with Gasteiger partial charge in [-0.05, 0) is 17.7 Å². The molecule has 7 nitrogen and oxygen atoms in total. The van der Waals surface area contributed by atoms with Gasteiger partial charge >= 0.3 is 12.0 Å². The molecule has 0 aliphatic heterocycles. The lowest BCUT2D eigenvalue weighted by Crippen LogP contribution is -2.20. The highest BCUT2D eigenvalue weighted by molar-refractivity contribution is 5.42. The van der Waals surface area contributed by atoms with Gasteiger partial charge in [-0.3, -0.25) is 0 Å². The Balaban J connectivity index is 2.22. The first-order valence-electron chi connectivity index (χ1n) is 6.02. The minimum absolute atomic E-state index is 0.214. The number of nitrogen functional groups attached to an aromatic ring is 1. The molecule has 7 heteroatoms. The second-order valence-electron chi connectivity index (χ2n) is 4.21. The Hall–Kier alpha value is -2.57. The van der Waals surface area contributed by atoms with Gasteiger partial charge in [0, 0.05) is 19.3 Å². The molecule has 0 unspecified atom stereocenters. The molecule has 0 bridgehead atoms. The first-order valence-corrected chi connectivity index (χ1v) is 6.02. The number of hydrogen-bond donors (Lipinski definition) is 1. The number of benzene rings is 1. The van der Waals surface area contributed by atoms with Crippen molar-refractivity contribution in [3.63, 3.8) is 0 Å². The Labute approximate surface area is 117 Å². The summed E-state index contributed by atoms with van der Waals surface area (Å²) in [4.78, 5) is 14.2. The number of aromatic nitrogens is 3. The first kappa shape index (κ1) is 13.9. The third kappa shape index (κ3) is 3.25. The van der Waals surface area contributed by atoms with Crippen molar-refractivity contribution >= 4 is 11.6 Å². The van der Waals surface area contributed by atoms with E-state index in [1.807, 2.05) is 36.2 Å². The zero-order chi connectivity index (χ0) is 14.5. The standard InChI is InChI=1S/C13H17N5O2/c1-18(8-9-5-4-6-10(14)7-9)11-15-12(19-2)17-13(16-11)20-3/h4-7H,8,14H2,1-3H3. The van der Waals surface area contributed by atoms with Crippen molar-refractivity contribution in [3.05, 3.63) is 29.8 Å². The van der Waals surface area contributed by atoms with Crippen molar-refractivity contribution in [3.8, 4) is 12.0 Å². The number of methoxy groups -OCH3 is 2. The van der Waals surface area contributed by atoms with Gasteiger partial charge in [0.2, 0.25) is 5.95 Å². The highest BCUT2D eigenvalue weighted by Crippen LogP contribution is 2.17. The van der Waals surface area contributed by atoms with Crippen LogP contribution in [0.15, 0.2) is 24.3 Å². The number of anilines is 2. The fourth-order valence-corrected chi connectivity index (χ4v) is 1.72. The summed E-state index contributed by atoms with van der Waals surface area (Å²) >= 11 is 0. The van der Waals surface area contributed by atoms with Crippen molar-refractivity contribution in [2.75, 3.05) is 31.9 Å². The van der Waals surface area contributed by atoms with E-state index in [2.05, 4.69) is 15.0 Å². The second-order valence-corrected chi connectivity index (χ2v) is 4.21. The molecule has 0 radical (unpaired) electrons. The van der Waals surface area contributed by atoms with Crippen LogP contribution in [0.1, 0.15) is 5.56 Å². The lowest BCUT2D eigenvalue weighted by atomic mass is 10.2. The molecule has 0 fully saturated rings. The molecular formula is C13H17N5O2. The van der Waals surface area contributed by atoms with E-state index in [1.165, 1.54) is 14.2 Å². The van der Waals surface area contributed by atoms with E-state index >= 15 is 0 Å². The smallest absolute Gasteiger partial charge is 0.324 e. The number of nitrogens with two attached hydrogens (primary N) is 1. The molecule has 2 aromatic rings. The summed E-state index contributed by atoms with van der Waals surface area (Å²) < 4.78 is 10.1. The van der Waals surface area contributed by atoms with Gasteiger partial charge in [-0.15, -0.1) is 4.98 Å². The Kier molecular flexibility index (Phi) is 4.19. The monoisotopic (exact) mass is 275 g/mol. The zero-order valence-corrected chi connectivity index (χ0v) is 11.7. The summed E-state index contributed by atoms with van der Waals surface area (Å²) in [5.74, 6) is 0.469. The predicted molar refractivity (Wildman–Crippen MR) is 75.9 cm³/mol. The lowest BCUT2D eigenvalue weighted by molar-refractivity contribution is 0.340. The van der Waals surface area contributed by atoms with Crippen molar-refractivity contribution in [1.29, 1.82) is 0 Å². The van der Waals surface area contributed by atoms with E-state index in [1.54, 1.807) is 0 Å². The summed E-state index contributed by atoms with van der Waals surface area (Å²) in [6, 6.07) is 8.08. The van der Waals surface area contributed by atoms with E-state index in [-0.39, 0.29) is 12.0 Å². The van der Waals surface area contributed by atoms with Gasteiger partial charge in [0.15, 0.2) is 0 Å². The van der Waals surface area contributed by atoms with Gasteiger partial charge in [-0.2, -0.15) is 9.97 Å². The van der Waals surface area contributed by atoms with Crippen LogP contribution >= 0.6 is 0 Å². The lowest BCUT2D eigenvalue weighted by Gasteiger charge is -2.17. The Bertz CT molecular complexity index is 568. The molecule has 1 aromatic carbocycles. The summed E-state index contributed by atoms with van der Waals surface area (Å²) in [7, 11) is 4.87. The fourth-order valence-electron chi connectivity index (χ4n) is 1.72. The van der Waals surface area contributed by atoms with Crippen LogP contribution in [-0.2, 0) is 6.54 Å². The number of rotatable bonds is 5. The van der Waals surface area contributed by atoms with Gasteiger partial charge in [0.05, 0.1) is 14.2 Å². The molecule has 106 valence electrons. The average Bonchev–Trinajstić information content (AvgIpc) is 2.46. The molecule has 1 heterocycles. The van der Waals surface area contributed by atoms with Crippen LogP contribution in [0.4, 0.5) is 11.6 Å². The van der Waals surface area contributed by atoms with Crippen LogP contribution in [0.3, 0.4) is 0 Å². The topological polar surface area (TPSA) is 86.4 Å². The highest BCUT2D eigenvalue weighted by atomic mass is 16.5. The molecule has 20 heavy (non-hydrogen) atoms. The van der Waals surface area contributed by atoms with Crippen LogP contribution < -0.4 is 20.1 Å². The molecule has 0 atom stereocenters. The molecule has 0 spiro atoms. The zero-order valence-electron chi connectivity index (χ0n) is 11.7. The quantitative estimate of drug-likeness (QED) is 0.818. The Morgan fingerprint density at radius 3 is 2.30 bits per heavy atom. The largest absolute Gasteiger partial charge is 0.467 e. The third-order valence-corrected chi connectivity index (χ3v) is 2.66. The van der Waals surface area contributed by atoms with E-state index in [0.29, 0.717) is 12.5 Å². The molecule has 0 saturated heterocycles. The molecular weight excluding hydrogens is 258 g/mol. The molecule has 0 saturated carbocycles. The van der Waals surface area contributed by atoms with Crippen LogP contribution in [0.25, 0.3) is 0 Å². The summed E-state index contributed by atoms with van der Waals surface area (Å²) in [6.07, 6.45) is 0. The van der Waals surface area contributed by atoms with E-state index in [0.717, 1.165) is 11.3 Å². The van der Waals surface area contributed by atoms with Crippen LogP contribution in [-0.4, -0.2) is 36.2 Å². The molecule has 2 N–H and O–H groups in total. The van der Waals surface area contributed by atoms with Gasteiger partial charge in [-0.1, -0.05) is 12.1 Å². The SMILES string of the molecule is COc1nc(OC)nc(N(C)Cc2cccc(N)c2)n1. The van der Waals surface area contributed by atoms with Crippen LogP contribution in [0.5, 0.6) is 12.0 Å². The molecule has 0 amide bonds. The Morgan fingerprint density at radius 1 is 1.10 bits per heavy atom. The van der Waals surface area contributed by atoms with E-state index < -0.39 is 0 Å². The molecule has 2 rings (SSSR count). The highest BCUT2D eigenvalue weighted by Gasteiger charge is 2.11. The molecule has 0 aliphatic rings. The van der Waals surface area contributed by atoms with E-state index in [9.17, 15) is 0 Å². The minimum atomic E-state index is 0.214. The summed E-state index contributed by atoms with van der Waals surface area (Å²) in [5.41, 5.74) is 7.55. The average molecular weight is 275 g/mol. The van der Waals surface area contributed by atoms with Gasteiger partial charge in [0.25, 0.3) is 0 Å². The number of ether oxygens (including phenoxy) is 2.